The molecule has 0 spiro atoms. The highest BCUT2D eigenvalue weighted by Gasteiger charge is 2.03. The number of halogens is 1. The first kappa shape index (κ1) is 7.63. The van der Waals surface area contributed by atoms with E-state index in [0.717, 1.165) is 0 Å². The second-order valence-electron chi connectivity index (χ2n) is 1.92. The zero-order chi connectivity index (χ0) is 8.43. The molecular weight excluding hydrogens is 164 g/mol. The number of hydrogen-bond acceptors (Lipinski definition) is 4. The molecule has 1 aromatic rings. The van der Waals surface area contributed by atoms with E-state index in [1.807, 2.05) is 0 Å². The maximum atomic E-state index is 8.44. The molecular formula is C6H5ClN4. The van der Waals surface area contributed by atoms with Crippen molar-refractivity contribution in [2.45, 2.75) is 0 Å². The molecule has 5 heteroatoms. The van der Waals surface area contributed by atoms with Crippen molar-refractivity contribution in [1.29, 1.82) is 5.26 Å². The lowest BCUT2D eigenvalue weighted by Crippen LogP contribution is -1.97. The molecule has 0 atom stereocenters. The summed E-state index contributed by atoms with van der Waals surface area (Å²) >= 11 is 5.52. The minimum absolute atomic E-state index is 0.101. The summed E-state index contributed by atoms with van der Waals surface area (Å²) in [6.07, 6.45) is 0. The van der Waals surface area contributed by atoms with Crippen LogP contribution in [0.2, 0.25) is 5.15 Å². The van der Waals surface area contributed by atoms with Gasteiger partial charge >= 0.3 is 0 Å². The van der Waals surface area contributed by atoms with Crippen LogP contribution < -0.4 is 11.5 Å². The summed E-state index contributed by atoms with van der Waals surface area (Å²) in [4.78, 5) is 3.65. The van der Waals surface area contributed by atoms with Crippen LogP contribution in [0.4, 0.5) is 11.4 Å². The third-order valence-corrected chi connectivity index (χ3v) is 1.44. The molecule has 11 heavy (non-hydrogen) atoms. The Morgan fingerprint density at radius 2 is 2.09 bits per heavy atom. The number of anilines is 2. The summed E-state index contributed by atoms with van der Waals surface area (Å²) in [6, 6.07) is 3.20. The van der Waals surface area contributed by atoms with E-state index in [9.17, 15) is 0 Å². The molecule has 0 aliphatic carbocycles. The summed E-state index contributed by atoms with van der Waals surface area (Å²) in [6.45, 7) is 0. The molecule has 0 saturated carbocycles. The molecule has 0 fully saturated rings. The van der Waals surface area contributed by atoms with Gasteiger partial charge in [0.2, 0.25) is 0 Å². The van der Waals surface area contributed by atoms with Gasteiger partial charge in [-0.25, -0.2) is 4.98 Å². The number of nitrogens with two attached hydrogens (primary N) is 2. The molecule has 0 aliphatic rings. The van der Waals surface area contributed by atoms with Crippen molar-refractivity contribution in [2.75, 3.05) is 11.5 Å². The number of aromatic nitrogens is 1. The first-order valence-corrected chi connectivity index (χ1v) is 3.14. The molecule has 1 heterocycles. The number of hydrogen-bond donors (Lipinski definition) is 2. The zero-order valence-corrected chi connectivity index (χ0v) is 6.26. The Hall–Kier alpha value is -1.47. The summed E-state index contributed by atoms with van der Waals surface area (Å²) < 4.78 is 0. The van der Waals surface area contributed by atoms with Gasteiger partial charge in [-0.05, 0) is 6.07 Å². The molecule has 1 rings (SSSR count). The van der Waals surface area contributed by atoms with Crippen LogP contribution in [0.5, 0.6) is 0 Å². The minimum atomic E-state index is 0.101. The maximum Gasteiger partial charge on any atom is 0.165 e. The van der Waals surface area contributed by atoms with Crippen molar-refractivity contribution >= 4 is 23.0 Å². The number of nitrogens with zero attached hydrogens (tertiary/aromatic N) is 2. The largest absolute Gasteiger partial charge is 0.396 e. The van der Waals surface area contributed by atoms with E-state index in [2.05, 4.69) is 4.98 Å². The van der Waals surface area contributed by atoms with E-state index in [-0.39, 0.29) is 22.2 Å². The number of nitriles is 1. The fraction of sp³-hybridized carbons (Fsp3) is 0. The molecule has 0 saturated heterocycles. The average molecular weight is 169 g/mol. The Bertz CT molecular complexity index is 328. The molecule has 1 aromatic heterocycles. The van der Waals surface area contributed by atoms with Gasteiger partial charge in [0.1, 0.15) is 6.07 Å². The summed E-state index contributed by atoms with van der Waals surface area (Å²) in [7, 11) is 0. The lowest BCUT2D eigenvalue weighted by atomic mass is 10.3. The van der Waals surface area contributed by atoms with Crippen molar-refractivity contribution in [3.8, 4) is 6.07 Å². The van der Waals surface area contributed by atoms with E-state index in [1.165, 1.54) is 6.07 Å². The highest BCUT2D eigenvalue weighted by Crippen LogP contribution is 2.20. The van der Waals surface area contributed by atoms with E-state index in [1.54, 1.807) is 6.07 Å². The average Bonchev–Trinajstić information content (AvgIpc) is 1.97. The molecule has 4 N–H and O–H groups in total. The minimum Gasteiger partial charge on any atom is -0.396 e. The number of nitrogen functional groups attached to an aromatic ring is 2. The zero-order valence-electron chi connectivity index (χ0n) is 5.50. The molecule has 0 aliphatic heterocycles. The van der Waals surface area contributed by atoms with Gasteiger partial charge in [-0.3, -0.25) is 0 Å². The van der Waals surface area contributed by atoms with Crippen molar-refractivity contribution < 1.29 is 0 Å². The Morgan fingerprint density at radius 3 is 2.64 bits per heavy atom. The molecule has 0 bridgehead atoms. The van der Waals surface area contributed by atoms with Crippen LogP contribution in [0.3, 0.4) is 0 Å². The highest BCUT2D eigenvalue weighted by atomic mass is 35.5. The predicted octanol–water partition coefficient (Wildman–Crippen LogP) is 0.771. The Labute approximate surface area is 68.4 Å². The molecule has 0 aromatic carbocycles. The SMILES string of the molecule is N#Cc1nc(Cl)c(N)cc1N. The van der Waals surface area contributed by atoms with Crippen LogP contribution in [0, 0.1) is 11.3 Å². The molecule has 4 nitrogen and oxygen atoms in total. The standard InChI is InChI=1S/C6H5ClN4/c7-6-4(10)1-3(9)5(2-8)11-6/h1H,9-10H2. The Kier molecular flexibility index (Phi) is 1.83. The third-order valence-electron chi connectivity index (χ3n) is 1.14. The quantitative estimate of drug-likeness (QED) is 0.560. The van der Waals surface area contributed by atoms with Crippen molar-refractivity contribution in [3.05, 3.63) is 16.9 Å². The second-order valence-corrected chi connectivity index (χ2v) is 2.28. The summed E-state index contributed by atoms with van der Waals surface area (Å²) in [5.74, 6) is 0. The summed E-state index contributed by atoms with van der Waals surface area (Å²) in [5, 5.41) is 8.55. The lowest BCUT2D eigenvalue weighted by Gasteiger charge is -1.99. The second kappa shape index (κ2) is 2.64. The fourth-order valence-electron chi connectivity index (χ4n) is 0.612. The first-order chi connectivity index (χ1) is 5.15. The van der Waals surface area contributed by atoms with Gasteiger partial charge < -0.3 is 11.5 Å². The van der Waals surface area contributed by atoms with Crippen LogP contribution in [-0.2, 0) is 0 Å². The van der Waals surface area contributed by atoms with E-state index in [4.69, 9.17) is 28.3 Å². The predicted molar refractivity (Wildman–Crippen MR) is 42.8 cm³/mol. The van der Waals surface area contributed by atoms with Crippen LogP contribution in [0.1, 0.15) is 5.69 Å². The van der Waals surface area contributed by atoms with Crippen molar-refractivity contribution in [3.63, 3.8) is 0 Å². The van der Waals surface area contributed by atoms with E-state index < -0.39 is 0 Å². The highest BCUT2D eigenvalue weighted by molar-refractivity contribution is 6.31. The first-order valence-electron chi connectivity index (χ1n) is 2.76. The van der Waals surface area contributed by atoms with Crippen molar-refractivity contribution in [2.24, 2.45) is 0 Å². The van der Waals surface area contributed by atoms with Gasteiger partial charge in [0.15, 0.2) is 10.8 Å². The van der Waals surface area contributed by atoms with Gasteiger partial charge in [0.05, 0.1) is 11.4 Å². The fourth-order valence-corrected chi connectivity index (χ4v) is 0.751. The monoisotopic (exact) mass is 168 g/mol. The molecule has 0 amide bonds. The van der Waals surface area contributed by atoms with Crippen LogP contribution in [0.25, 0.3) is 0 Å². The molecule has 56 valence electrons. The Morgan fingerprint density at radius 1 is 1.45 bits per heavy atom. The van der Waals surface area contributed by atoms with E-state index >= 15 is 0 Å². The number of rotatable bonds is 0. The Balaban J connectivity index is 3.35. The van der Waals surface area contributed by atoms with E-state index in [0.29, 0.717) is 0 Å². The van der Waals surface area contributed by atoms with Gasteiger partial charge in [-0.1, -0.05) is 11.6 Å². The summed E-state index contributed by atoms with van der Waals surface area (Å²) in [5.41, 5.74) is 11.4. The lowest BCUT2D eigenvalue weighted by molar-refractivity contribution is 1.27. The van der Waals surface area contributed by atoms with Crippen LogP contribution in [0.15, 0.2) is 6.07 Å². The van der Waals surface area contributed by atoms with Crippen LogP contribution >= 0.6 is 11.6 Å². The van der Waals surface area contributed by atoms with Crippen molar-refractivity contribution in [1.82, 2.24) is 4.98 Å². The van der Waals surface area contributed by atoms with Gasteiger partial charge in [-0.15, -0.1) is 0 Å². The van der Waals surface area contributed by atoms with Crippen LogP contribution in [-0.4, -0.2) is 4.98 Å². The molecule has 0 radical (unpaired) electrons. The third kappa shape index (κ3) is 1.33. The normalized spacial score (nSPS) is 9.09. The molecule has 0 unspecified atom stereocenters. The number of pyridine rings is 1. The smallest absolute Gasteiger partial charge is 0.165 e. The maximum absolute atomic E-state index is 8.44. The van der Waals surface area contributed by atoms with Gasteiger partial charge in [-0.2, -0.15) is 5.26 Å². The van der Waals surface area contributed by atoms with Gasteiger partial charge in [0.25, 0.3) is 0 Å². The topological polar surface area (TPSA) is 88.7 Å². The van der Waals surface area contributed by atoms with Gasteiger partial charge in [0, 0.05) is 0 Å².